The molecule has 0 unspecified atom stereocenters. The molecule has 0 spiro atoms. The summed E-state index contributed by atoms with van der Waals surface area (Å²) >= 11 is 5.20. The lowest BCUT2D eigenvalue weighted by Gasteiger charge is -2.15. The molecule has 0 atom stereocenters. The van der Waals surface area contributed by atoms with Gasteiger partial charge >= 0.3 is 6.61 Å². The molecule has 4 nitrogen and oxygen atoms in total. The van der Waals surface area contributed by atoms with E-state index in [1.54, 1.807) is 12.1 Å². The molecule has 0 saturated carbocycles. The lowest BCUT2D eigenvalue weighted by molar-refractivity contribution is -0.0498. The molecule has 22 heavy (non-hydrogen) atoms. The van der Waals surface area contributed by atoms with Gasteiger partial charge in [0.1, 0.15) is 5.75 Å². The van der Waals surface area contributed by atoms with Crippen LogP contribution in [0.4, 0.5) is 14.5 Å². The van der Waals surface area contributed by atoms with Crippen molar-refractivity contribution < 1.29 is 13.5 Å². The van der Waals surface area contributed by atoms with Gasteiger partial charge < -0.3 is 20.3 Å². The van der Waals surface area contributed by atoms with Gasteiger partial charge in [-0.15, -0.1) is 0 Å². The highest BCUT2D eigenvalue weighted by Gasteiger charge is 2.10. The summed E-state index contributed by atoms with van der Waals surface area (Å²) in [5, 5.41) is 6.69. The number of anilines is 1. The van der Waals surface area contributed by atoms with Crippen LogP contribution in [0.1, 0.15) is 19.3 Å². The third-order valence-corrected chi connectivity index (χ3v) is 3.72. The lowest BCUT2D eigenvalue weighted by Crippen LogP contribution is -2.31. The van der Waals surface area contributed by atoms with E-state index in [0.717, 1.165) is 25.2 Å². The Kier molecular flexibility index (Phi) is 6.79. The molecule has 0 amide bonds. The summed E-state index contributed by atoms with van der Waals surface area (Å²) in [5.41, 5.74) is 0.735. The Labute approximate surface area is 134 Å². The largest absolute Gasteiger partial charge is 0.435 e. The average molecular weight is 329 g/mol. The summed E-state index contributed by atoms with van der Waals surface area (Å²) in [5.74, 6) is 0.130. The number of nitrogens with zero attached hydrogens (tertiary/aromatic N) is 1. The van der Waals surface area contributed by atoms with Gasteiger partial charge in [-0.05, 0) is 75.4 Å². The zero-order valence-electron chi connectivity index (χ0n) is 12.4. The molecule has 2 N–H and O–H groups in total. The fourth-order valence-corrected chi connectivity index (χ4v) is 2.63. The van der Waals surface area contributed by atoms with Gasteiger partial charge in [-0.3, -0.25) is 0 Å². The van der Waals surface area contributed by atoms with Gasteiger partial charge in [0.05, 0.1) is 0 Å². The summed E-state index contributed by atoms with van der Waals surface area (Å²) < 4.78 is 28.4. The van der Waals surface area contributed by atoms with Crippen LogP contribution in [0.5, 0.6) is 5.75 Å². The third kappa shape index (κ3) is 6.11. The fourth-order valence-electron chi connectivity index (χ4n) is 2.41. The molecule has 1 aromatic rings. The highest BCUT2D eigenvalue weighted by molar-refractivity contribution is 7.80. The quantitative estimate of drug-likeness (QED) is 0.594. The van der Waals surface area contributed by atoms with Crippen LogP contribution in [0.25, 0.3) is 0 Å². The van der Waals surface area contributed by atoms with Crippen LogP contribution in [0.15, 0.2) is 24.3 Å². The van der Waals surface area contributed by atoms with Gasteiger partial charge in [0.15, 0.2) is 5.11 Å². The van der Waals surface area contributed by atoms with E-state index in [-0.39, 0.29) is 5.75 Å². The normalized spacial score (nSPS) is 15.0. The van der Waals surface area contributed by atoms with E-state index in [4.69, 9.17) is 12.2 Å². The molecule has 1 aliphatic heterocycles. The first kappa shape index (κ1) is 16.9. The van der Waals surface area contributed by atoms with Gasteiger partial charge in [0.2, 0.25) is 0 Å². The molecule has 2 rings (SSSR count). The van der Waals surface area contributed by atoms with Crippen LogP contribution in [0, 0.1) is 0 Å². The molecule has 1 saturated heterocycles. The second-order valence-corrected chi connectivity index (χ2v) is 5.59. The van der Waals surface area contributed by atoms with Gasteiger partial charge in [-0.1, -0.05) is 0 Å². The first-order chi connectivity index (χ1) is 10.6. The Morgan fingerprint density at radius 2 is 1.91 bits per heavy atom. The van der Waals surface area contributed by atoms with Crippen LogP contribution in [-0.4, -0.2) is 42.8 Å². The molecular weight excluding hydrogens is 308 g/mol. The van der Waals surface area contributed by atoms with Crippen LogP contribution >= 0.6 is 12.2 Å². The van der Waals surface area contributed by atoms with Crippen molar-refractivity contribution in [3.63, 3.8) is 0 Å². The number of likely N-dealkylation sites (tertiary alicyclic amines) is 1. The number of hydrogen-bond donors (Lipinski definition) is 2. The van der Waals surface area contributed by atoms with Gasteiger partial charge in [0, 0.05) is 12.2 Å². The second-order valence-electron chi connectivity index (χ2n) is 5.19. The maximum absolute atomic E-state index is 12.0. The molecule has 1 fully saturated rings. The Morgan fingerprint density at radius 3 is 2.55 bits per heavy atom. The molecule has 0 bridgehead atoms. The van der Waals surface area contributed by atoms with Crippen molar-refractivity contribution >= 4 is 23.0 Å². The topological polar surface area (TPSA) is 36.5 Å². The lowest BCUT2D eigenvalue weighted by atomic mass is 10.3. The molecule has 1 aromatic carbocycles. The zero-order valence-corrected chi connectivity index (χ0v) is 13.2. The summed E-state index contributed by atoms with van der Waals surface area (Å²) in [4.78, 5) is 2.46. The third-order valence-electron chi connectivity index (χ3n) is 3.47. The van der Waals surface area contributed by atoms with Crippen molar-refractivity contribution in [2.75, 3.05) is 31.5 Å². The maximum atomic E-state index is 12.0. The number of rotatable bonds is 7. The predicted molar refractivity (Wildman–Crippen MR) is 87.6 cm³/mol. The first-order valence-corrected chi connectivity index (χ1v) is 7.86. The Morgan fingerprint density at radius 1 is 1.23 bits per heavy atom. The monoisotopic (exact) mass is 329 g/mol. The molecular formula is C15H21F2N3OS. The number of ether oxygens (including phenoxy) is 1. The van der Waals surface area contributed by atoms with E-state index in [1.807, 2.05) is 0 Å². The van der Waals surface area contributed by atoms with E-state index in [1.165, 1.54) is 38.1 Å². The SMILES string of the molecule is FC(F)Oc1ccc(NC(=S)NCCCN2CCCC2)cc1. The minimum atomic E-state index is -2.81. The van der Waals surface area contributed by atoms with E-state index >= 15 is 0 Å². The standard InChI is InChI=1S/C15H21F2N3OS/c16-14(17)21-13-6-4-12(5-7-13)19-15(22)18-8-3-11-20-9-1-2-10-20/h4-7,14H,1-3,8-11H2,(H2,18,19,22). The van der Waals surface area contributed by atoms with E-state index < -0.39 is 6.61 Å². The van der Waals surface area contributed by atoms with Crippen LogP contribution < -0.4 is 15.4 Å². The number of halogens is 2. The van der Waals surface area contributed by atoms with Gasteiger partial charge in [-0.25, -0.2) is 0 Å². The Balaban J connectivity index is 1.63. The van der Waals surface area contributed by atoms with Gasteiger partial charge in [0.25, 0.3) is 0 Å². The van der Waals surface area contributed by atoms with E-state index in [9.17, 15) is 8.78 Å². The highest BCUT2D eigenvalue weighted by atomic mass is 32.1. The summed E-state index contributed by atoms with van der Waals surface area (Å²) in [6, 6.07) is 6.25. The smallest absolute Gasteiger partial charge is 0.387 e. The van der Waals surface area contributed by atoms with Crippen LogP contribution in [0.2, 0.25) is 0 Å². The summed E-state index contributed by atoms with van der Waals surface area (Å²) in [6.45, 7) is 1.51. The number of thiocarbonyl (C=S) groups is 1. The van der Waals surface area contributed by atoms with Crippen molar-refractivity contribution in [3.05, 3.63) is 24.3 Å². The fraction of sp³-hybridized carbons (Fsp3) is 0.533. The molecule has 1 heterocycles. The molecule has 1 aliphatic rings. The molecule has 122 valence electrons. The number of benzene rings is 1. The molecule has 7 heteroatoms. The van der Waals surface area contributed by atoms with E-state index in [2.05, 4.69) is 20.3 Å². The predicted octanol–water partition coefficient (Wildman–Crippen LogP) is 3.06. The first-order valence-electron chi connectivity index (χ1n) is 7.45. The van der Waals surface area contributed by atoms with Crippen molar-refractivity contribution in [1.29, 1.82) is 0 Å². The zero-order chi connectivity index (χ0) is 15.8. The Bertz CT molecular complexity index is 464. The van der Waals surface area contributed by atoms with Gasteiger partial charge in [-0.2, -0.15) is 8.78 Å². The maximum Gasteiger partial charge on any atom is 0.387 e. The minimum Gasteiger partial charge on any atom is -0.435 e. The van der Waals surface area contributed by atoms with Crippen molar-refractivity contribution in [2.45, 2.75) is 25.9 Å². The number of alkyl halides is 2. The van der Waals surface area contributed by atoms with Crippen molar-refractivity contribution in [2.24, 2.45) is 0 Å². The van der Waals surface area contributed by atoms with Crippen LogP contribution in [0.3, 0.4) is 0 Å². The molecule has 0 radical (unpaired) electrons. The minimum absolute atomic E-state index is 0.130. The van der Waals surface area contributed by atoms with Crippen molar-refractivity contribution in [3.8, 4) is 5.75 Å². The molecule has 0 aliphatic carbocycles. The second kappa shape index (κ2) is 8.85. The molecule has 0 aromatic heterocycles. The number of hydrogen-bond acceptors (Lipinski definition) is 3. The van der Waals surface area contributed by atoms with Crippen molar-refractivity contribution in [1.82, 2.24) is 10.2 Å². The summed E-state index contributed by atoms with van der Waals surface area (Å²) in [7, 11) is 0. The Hall–Kier alpha value is -1.47. The summed E-state index contributed by atoms with van der Waals surface area (Å²) in [6.07, 6.45) is 3.65. The highest BCUT2D eigenvalue weighted by Crippen LogP contribution is 2.17. The van der Waals surface area contributed by atoms with Crippen LogP contribution in [-0.2, 0) is 0 Å². The average Bonchev–Trinajstić information content (AvgIpc) is 2.98. The number of nitrogens with one attached hydrogen (secondary N) is 2. The van der Waals surface area contributed by atoms with E-state index in [0.29, 0.717) is 5.11 Å².